The molecule has 2 aliphatic carbocycles. The number of aromatic nitrogens is 2. The van der Waals surface area contributed by atoms with Crippen molar-refractivity contribution in [3.63, 3.8) is 0 Å². The van der Waals surface area contributed by atoms with Crippen molar-refractivity contribution in [3.05, 3.63) is 22.4 Å². The summed E-state index contributed by atoms with van der Waals surface area (Å²) in [6.07, 6.45) is 4.25. The highest BCUT2D eigenvalue weighted by Gasteiger charge is 2.35. The summed E-state index contributed by atoms with van der Waals surface area (Å²) < 4.78 is 0.742. The zero-order valence-electron chi connectivity index (χ0n) is 14.5. The standard InChI is InChI=1S/C17H20N4O2S3/c1-11(22)21(14-4-5-14)16-18-19-17(26-16)25-10-15(23)20(13-2-3-13)8-12-6-7-24-9-12/h6-7,9,13-14H,2-5,8,10H2,1H3. The van der Waals surface area contributed by atoms with Gasteiger partial charge in [0, 0.05) is 25.6 Å². The number of anilines is 1. The lowest BCUT2D eigenvalue weighted by Gasteiger charge is -2.21. The van der Waals surface area contributed by atoms with E-state index in [1.165, 1.54) is 28.7 Å². The number of hydrogen-bond donors (Lipinski definition) is 0. The minimum Gasteiger partial charge on any atom is -0.335 e. The first-order chi connectivity index (χ1) is 12.6. The molecule has 0 atom stereocenters. The van der Waals surface area contributed by atoms with E-state index in [0.29, 0.717) is 23.5 Å². The number of carbonyl (C=O) groups excluding carboxylic acids is 2. The highest BCUT2D eigenvalue weighted by Crippen LogP contribution is 2.36. The third-order valence-electron chi connectivity index (χ3n) is 4.41. The summed E-state index contributed by atoms with van der Waals surface area (Å²) in [7, 11) is 0. The van der Waals surface area contributed by atoms with E-state index in [1.807, 2.05) is 10.3 Å². The molecule has 9 heteroatoms. The molecular weight excluding hydrogens is 388 g/mol. The molecule has 0 radical (unpaired) electrons. The normalized spacial score (nSPS) is 16.5. The number of hydrogen-bond acceptors (Lipinski definition) is 7. The van der Waals surface area contributed by atoms with Gasteiger partial charge in [0.05, 0.1) is 5.75 Å². The van der Waals surface area contributed by atoms with Crippen LogP contribution in [0.5, 0.6) is 0 Å². The lowest BCUT2D eigenvalue weighted by molar-refractivity contribution is -0.129. The van der Waals surface area contributed by atoms with Crippen molar-refractivity contribution in [2.75, 3.05) is 10.7 Å². The van der Waals surface area contributed by atoms with Crippen molar-refractivity contribution in [3.8, 4) is 0 Å². The molecule has 2 saturated carbocycles. The molecule has 2 fully saturated rings. The quantitative estimate of drug-likeness (QED) is 0.495. The van der Waals surface area contributed by atoms with Crippen LogP contribution in [-0.4, -0.2) is 44.7 Å². The SMILES string of the molecule is CC(=O)N(c1nnc(SCC(=O)N(Cc2ccsc2)C2CC2)s1)C1CC1. The molecule has 2 aromatic rings. The molecule has 6 nitrogen and oxygen atoms in total. The van der Waals surface area contributed by atoms with Crippen LogP contribution in [0.1, 0.15) is 38.2 Å². The van der Waals surface area contributed by atoms with Crippen LogP contribution in [0.4, 0.5) is 5.13 Å². The van der Waals surface area contributed by atoms with Crippen molar-refractivity contribution in [1.82, 2.24) is 15.1 Å². The fourth-order valence-corrected chi connectivity index (χ4v) is 5.33. The zero-order valence-corrected chi connectivity index (χ0v) is 16.9. The number of carbonyl (C=O) groups is 2. The molecule has 4 rings (SSSR count). The minimum atomic E-state index is 0.00643. The van der Waals surface area contributed by atoms with Gasteiger partial charge in [0.2, 0.25) is 16.9 Å². The van der Waals surface area contributed by atoms with Gasteiger partial charge in [-0.3, -0.25) is 14.5 Å². The maximum atomic E-state index is 12.7. The largest absolute Gasteiger partial charge is 0.335 e. The predicted octanol–water partition coefficient (Wildman–Crippen LogP) is 3.40. The molecule has 0 spiro atoms. The second-order valence-corrected chi connectivity index (χ2v) is 9.60. The van der Waals surface area contributed by atoms with Gasteiger partial charge in [0.1, 0.15) is 0 Å². The number of nitrogens with zero attached hydrogens (tertiary/aromatic N) is 4. The maximum absolute atomic E-state index is 12.7. The molecular formula is C17H20N4O2S3. The molecule has 138 valence electrons. The van der Waals surface area contributed by atoms with Crippen LogP contribution in [-0.2, 0) is 16.1 Å². The summed E-state index contributed by atoms with van der Waals surface area (Å²) in [6.45, 7) is 2.25. The summed E-state index contributed by atoms with van der Waals surface area (Å²) in [5, 5.41) is 13.1. The van der Waals surface area contributed by atoms with Crippen molar-refractivity contribution in [2.45, 2.75) is 55.6 Å². The van der Waals surface area contributed by atoms with Crippen LogP contribution >= 0.6 is 34.4 Å². The first-order valence-electron chi connectivity index (χ1n) is 8.68. The molecule has 2 heterocycles. The fraction of sp³-hybridized carbons (Fsp3) is 0.529. The second kappa shape index (κ2) is 7.66. The topological polar surface area (TPSA) is 66.4 Å². The molecule has 0 bridgehead atoms. The molecule has 0 N–H and O–H groups in total. The Labute approximate surface area is 164 Å². The lowest BCUT2D eigenvalue weighted by atomic mass is 10.3. The average molecular weight is 409 g/mol. The van der Waals surface area contributed by atoms with Crippen molar-refractivity contribution in [1.29, 1.82) is 0 Å². The van der Waals surface area contributed by atoms with Gasteiger partial charge >= 0.3 is 0 Å². The molecule has 0 aromatic carbocycles. The number of amides is 2. The average Bonchev–Trinajstić information content (AvgIpc) is 3.52. The van der Waals surface area contributed by atoms with E-state index in [2.05, 4.69) is 21.6 Å². The first-order valence-corrected chi connectivity index (χ1v) is 11.4. The van der Waals surface area contributed by atoms with Crippen LogP contribution < -0.4 is 4.90 Å². The summed E-state index contributed by atoms with van der Waals surface area (Å²) in [5.74, 6) is 0.511. The van der Waals surface area contributed by atoms with Crippen LogP contribution in [0, 0.1) is 0 Å². The highest BCUT2D eigenvalue weighted by molar-refractivity contribution is 8.01. The predicted molar refractivity (Wildman–Crippen MR) is 105 cm³/mol. The monoisotopic (exact) mass is 408 g/mol. The number of thioether (sulfide) groups is 1. The Morgan fingerprint density at radius 3 is 2.62 bits per heavy atom. The van der Waals surface area contributed by atoms with Gasteiger partial charge in [-0.1, -0.05) is 23.1 Å². The van der Waals surface area contributed by atoms with E-state index in [4.69, 9.17) is 0 Å². The Morgan fingerprint density at radius 1 is 1.23 bits per heavy atom. The molecule has 26 heavy (non-hydrogen) atoms. The number of thiophene rings is 1. The molecule has 2 amide bonds. The summed E-state index contributed by atoms with van der Waals surface area (Å²) >= 11 is 4.47. The lowest BCUT2D eigenvalue weighted by Crippen LogP contribution is -2.33. The van der Waals surface area contributed by atoms with Crippen LogP contribution in [0.25, 0.3) is 0 Å². The molecule has 2 aliphatic rings. The smallest absolute Gasteiger partial charge is 0.233 e. The first kappa shape index (κ1) is 17.9. The molecule has 0 unspecified atom stereocenters. The van der Waals surface area contributed by atoms with Crippen LogP contribution in [0.3, 0.4) is 0 Å². The van der Waals surface area contributed by atoms with E-state index in [0.717, 1.165) is 30.0 Å². The van der Waals surface area contributed by atoms with Crippen molar-refractivity contribution < 1.29 is 9.59 Å². The van der Waals surface area contributed by atoms with Crippen molar-refractivity contribution >= 4 is 51.4 Å². The summed E-state index contributed by atoms with van der Waals surface area (Å²) in [5.41, 5.74) is 1.19. The molecule has 0 saturated heterocycles. The van der Waals surface area contributed by atoms with Gasteiger partial charge in [-0.15, -0.1) is 10.2 Å². The molecule has 0 aliphatic heterocycles. The van der Waals surface area contributed by atoms with Crippen LogP contribution in [0.2, 0.25) is 0 Å². The van der Waals surface area contributed by atoms with E-state index in [9.17, 15) is 9.59 Å². The zero-order chi connectivity index (χ0) is 18.1. The van der Waals surface area contributed by atoms with Gasteiger partial charge in [0.15, 0.2) is 4.34 Å². The fourth-order valence-electron chi connectivity index (χ4n) is 2.83. The Kier molecular flexibility index (Phi) is 5.28. The van der Waals surface area contributed by atoms with Gasteiger partial charge in [0.25, 0.3) is 0 Å². The van der Waals surface area contributed by atoms with Crippen LogP contribution in [0.15, 0.2) is 21.2 Å². The van der Waals surface area contributed by atoms with E-state index in [1.54, 1.807) is 23.2 Å². The van der Waals surface area contributed by atoms with Crippen molar-refractivity contribution in [2.24, 2.45) is 0 Å². The van der Waals surface area contributed by atoms with Gasteiger partial charge in [-0.25, -0.2) is 0 Å². The second-order valence-electron chi connectivity index (χ2n) is 6.64. The van der Waals surface area contributed by atoms with Gasteiger partial charge in [-0.05, 0) is 48.1 Å². The Hall–Kier alpha value is -1.45. The van der Waals surface area contributed by atoms with Gasteiger partial charge in [-0.2, -0.15) is 11.3 Å². The van der Waals surface area contributed by atoms with E-state index >= 15 is 0 Å². The summed E-state index contributed by atoms with van der Waals surface area (Å²) in [6, 6.07) is 2.73. The Morgan fingerprint density at radius 2 is 2.00 bits per heavy atom. The van der Waals surface area contributed by atoms with Gasteiger partial charge < -0.3 is 4.90 Å². The third kappa shape index (κ3) is 4.27. The minimum absolute atomic E-state index is 0.00643. The molecule has 2 aromatic heterocycles. The maximum Gasteiger partial charge on any atom is 0.233 e. The summed E-state index contributed by atoms with van der Waals surface area (Å²) in [4.78, 5) is 28.2. The van der Waals surface area contributed by atoms with E-state index < -0.39 is 0 Å². The Balaban J connectivity index is 1.35. The Bertz CT molecular complexity index is 784. The van der Waals surface area contributed by atoms with E-state index in [-0.39, 0.29) is 17.9 Å². The third-order valence-corrected chi connectivity index (χ3v) is 7.19. The highest BCUT2D eigenvalue weighted by atomic mass is 32.2. The number of rotatable bonds is 8.